The van der Waals surface area contributed by atoms with Gasteiger partial charge in [0.1, 0.15) is 0 Å². The first-order valence-corrected chi connectivity index (χ1v) is 22.9. The van der Waals surface area contributed by atoms with Crippen LogP contribution in [0, 0.1) is 18.2 Å². The molecule has 0 unspecified atom stereocenters. The van der Waals surface area contributed by atoms with Gasteiger partial charge in [-0.1, -0.05) is 112 Å². The van der Waals surface area contributed by atoms with Gasteiger partial charge in [-0.3, -0.25) is 0 Å². The van der Waals surface area contributed by atoms with Gasteiger partial charge in [0, 0.05) is 35.3 Å². The topological polar surface area (TPSA) is 38.7 Å². The van der Waals surface area contributed by atoms with Crippen LogP contribution in [0.2, 0.25) is 0 Å². The molecule has 0 atom stereocenters. The Bertz CT molecular complexity index is 2940. The molecule has 0 aliphatic heterocycles. The minimum Gasteiger partial charge on any atom is -0.304 e. The number of hydrogen-bond donors (Lipinski definition) is 0. The zero-order chi connectivity index (χ0) is 44.8. The molecule has 0 fully saturated rings. The molecule has 10 rings (SSSR count). The van der Waals surface area contributed by atoms with Crippen molar-refractivity contribution < 1.29 is 20.1 Å². The fourth-order valence-electron chi connectivity index (χ4n) is 9.20. The molecule has 67 heavy (non-hydrogen) atoms. The summed E-state index contributed by atoms with van der Waals surface area (Å²) in [5.41, 5.74) is 23.1. The number of benzene rings is 7. The minimum atomic E-state index is 0. The summed E-state index contributed by atoms with van der Waals surface area (Å²) in [5.74, 6) is 0. The SMILES string of the molecule is CCc1cc(-c2[c-]cccc2)ncc1-c1ccccc1-c1cc(-c2ccccc2-c2cnc(-c3[c-]cccc3)cc2CC)cc(-c2ccccc2-c2cnc(-c3[c-]cccc3)cc2CC)c1.[Ir+3]. The van der Waals surface area contributed by atoms with Crippen molar-refractivity contribution >= 4 is 0 Å². The minimum absolute atomic E-state index is 0. The first-order valence-electron chi connectivity index (χ1n) is 22.9. The molecule has 0 aliphatic rings. The zero-order valence-electron chi connectivity index (χ0n) is 37.8. The van der Waals surface area contributed by atoms with E-state index in [9.17, 15) is 0 Å². The van der Waals surface area contributed by atoms with E-state index in [0.717, 1.165) is 120 Å². The summed E-state index contributed by atoms with van der Waals surface area (Å²) in [6.07, 6.45) is 8.74. The maximum atomic E-state index is 5.03. The predicted octanol–water partition coefficient (Wildman–Crippen LogP) is 16.0. The molecule has 3 heterocycles. The van der Waals surface area contributed by atoms with Crippen LogP contribution in [0.5, 0.6) is 0 Å². The number of rotatable bonds is 12. The van der Waals surface area contributed by atoms with Crippen LogP contribution in [0.3, 0.4) is 0 Å². The molecule has 0 N–H and O–H groups in total. The molecule has 10 aromatic rings. The van der Waals surface area contributed by atoms with Crippen molar-refractivity contribution in [2.75, 3.05) is 0 Å². The van der Waals surface area contributed by atoms with Gasteiger partial charge in [-0.25, -0.2) is 0 Å². The van der Waals surface area contributed by atoms with Gasteiger partial charge in [0.25, 0.3) is 0 Å². The number of nitrogens with zero attached hydrogens (tertiary/aromatic N) is 3. The number of hydrogen-bond acceptors (Lipinski definition) is 3. The Balaban J connectivity index is 0.00000562. The van der Waals surface area contributed by atoms with Gasteiger partial charge >= 0.3 is 20.1 Å². The summed E-state index contributed by atoms with van der Waals surface area (Å²) < 4.78 is 0. The van der Waals surface area contributed by atoms with E-state index in [1.54, 1.807) is 0 Å². The fraction of sp³-hybridized carbons (Fsp3) is 0.0952. The monoisotopic (exact) mass is 1040 g/mol. The Labute approximate surface area is 408 Å². The second-order valence-electron chi connectivity index (χ2n) is 16.5. The summed E-state index contributed by atoms with van der Waals surface area (Å²) in [7, 11) is 0. The summed E-state index contributed by atoms with van der Waals surface area (Å²) in [5, 5.41) is 0. The molecule has 0 bridgehead atoms. The normalized spacial score (nSPS) is 11.0. The van der Waals surface area contributed by atoms with Gasteiger partial charge < -0.3 is 15.0 Å². The van der Waals surface area contributed by atoms with Gasteiger partial charge in [0.2, 0.25) is 0 Å². The number of aromatic nitrogens is 3. The third kappa shape index (κ3) is 9.25. The molecule has 0 aliphatic carbocycles. The van der Waals surface area contributed by atoms with Crippen molar-refractivity contribution in [2.24, 2.45) is 0 Å². The summed E-state index contributed by atoms with van der Waals surface area (Å²) in [6.45, 7) is 6.67. The van der Waals surface area contributed by atoms with Crippen LogP contribution in [0.25, 0.3) is 101 Å². The molecule has 7 aromatic carbocycles. The van der Waals surface area contributed by atoms with Crippen molar-refractivity contribution in [3.05, 3.63) is 235 Å². The van der Waals surface area contributed by atoms with Crippen LogP contribution in [0.15, 0.2) is 201 Å². The molecule has 0 amide bonds. The Kier molecular flexibility index (Phi) is 13.7. The number of pyridine rings is 3. The van der Waals surface area contributed by atoms with Crippen molar-refractivity contribution in [2.45, 2.75) is 40.0 Å². The van der Waals surface area contributed by atoms with Crippen LogP contribution in [-0.4, -0.2) is 15.0 Å². The van der Waals surface area contributed by atoms with E-state index in [1.807, 2.05) is 54.6 Å². The van der Waals surface area contributed by atoms with Crippen LogP contribution >= 0.6 is 0 Å². The number of aryl methyl sites for hydroxylation is 3. The first kappa shape index (κ1) is 44.8. The molecular formula is C63H48IrN3. The molecule has 324 valence electrons. The predicted molar refractivity (Wildman–Crippen MR) is 273 cm³/mol. The molecular weight excluding hydrogens is 991 g/mol. The second-order valence-corrected chi connectivity index (χ2v) is 16.5. The van der Waals surface area contributed by atoms with E-state index in [-0.39, 0.29) is 20.1 Å². The van der Waals surface area contributed by atoms with Gasteiger partial charge in [-0.2, -0.15) is 0 Å². The van der Waals surface area contributed by atoms with Crippen LogP contribution < -0.4 is 0 Å². The summed E-state index contributed by atoms with van der Waals surface area (Å²) in [4.78, 5) is 15.1. The van der Waals surface area contributed by atoms with Gasteiger partial charge in [0.15, 0.2) is 0 Å². The van der Waals surface area contributed by atoms with Crippen molar-refractivity contribution in [3.63, 3.8) is 0 Å². The second kappa shape index (κ2) is 20.4. The van der Waals surface area contributed by atoms with Crippen molar-refractivity contribution in [1.29, 1.82) is 0 Å². The Hall–Kier alpha value is -7.36. The Morgan fingerprint density at radius 2 is 0.582 bits per heavy atom. The molecule has 0 saturated heterocycles. The van der Waals surface area contributed by atoms with Crippen LogP contribution in [0.4, 0.5) is 0 Å². The Morgan fingerprint density at radius 1 is 0.313 bits per heavy atom. The zero-order valence-corrected chi connectivity index (χ0v) is 40.2. The van der Waals surface area contributed by atoms with Crippen molar-refractivity contribution in [1.82, 2.24) is 15.0 Å². The van der Waals surface area contributed by atoms with Crippen LogP contribution in [0.1, 0.15) is 37.5 Å². The molecule has 0 radical (unpaired) electrons. The fourth-order valence-corrected chi connectivity index (χ4v) is 9.20. The van der Waals surface area contributed by atoms with Gasteiger partial charge in [-0.15, -0.1) is 108 Å². The largest absolute Gasteiger partial charge is 3.00 e. The van der Waals surface area contributed by atoms with Gasteiger partial charge in [0.05, 0.1) is 0 Å². The first-order chi connectivity index (χ1) is 32.6. The quantitative estimate of drug-likeness (QED) is 0.114. The molecule has 0 spiro atoms. The maximum absolute atomic E-state index is 5.03. The third-order valence-corrected chi connectivity index (χ3v) is 12.6. The molecule has 4 heteroatoms. The van der Waals surface area contributed by atoms with E-state index in [0.29, 0.717) is 0 Å². The third-order valence-electron chi connectivity index (χ3n) is 12.6. The smallest absolute Gasteiger partial charge is 0.304 e. The average molecular weight is 1040 g/mol. The van der Waals surface area contributed by atoms with E-state index in [4.69, 9.17) is 15.0 Å². The van der Waals surface area contributed by atoms with E-state index in [2.05, 4.69) is 185 Å². The summed E-state index contributed by atoms with van der Waals surface area (Å²) >= 11 is 0. The average Bonchev–Trinajstić information content (AvgIpc) is 3.41. The van der Waals surface area contributed by atoms with Gasteiger partial charge in [-0.05, 0) is 121 Å². The Morgan fingerprint density at radius 3 is 0.836 bits per heavy atom. The van der Waals surface area contributed by atoms with E-state index in [1.165, 1.54) is 16.7 Å². The van der Waals surface area contributed by atoms with E-state index >= 15 is 0 Å². The van der Waals surface area contributed by atoms with Crippen LogP contribution in [-0.2, 0) is 39.4 Å². The molecule has 3 aromatic heterocycles. The van der Waals surface area contributed by atoms with Crippen molar-refractivity contribution in [3.8, 4) is 101 Å². The maximum Gasteiger partial charge on any atom is 3.00 e. The summed E-state index contributed by atoms with van der Waals surface area (Å²) in [6, 6.07) is 74.4. The molecule has 0 saturated carbocycles. The molecule has 3 nitrogen and oxygen atoms in total. The standard InChI is InChI=1S/C63H48N3.Ir/c1-4-43-37-61(46-22-10-7-11-23-46)64-40-58(43)55-31-19-16-28-52(55)49-34-50(53-29-17-20-32-56(53)59-41-65-62(38-44(59)5-2)47-24-12-8-13-25-47)36-51(35-49)54-30-18-21-33-57(54)60-42-66-63(39-45(60)6-3)48-26-14-9-15-27-48;/h7-22,24,26,28-42H,4-6H2,1-3H3;/q-3;+3. The van der Waals surface area contributed by atoms with E-state index < -0.39 is 0 Å².